The van der Waals surface area contributed by atoms with Gasteiger partial charge in [-0.15, -0.1) is 0 Å². The Morgan fingerprint density at radius 1 is 1.56 bits per heavy atom. The molecule has 9 heavy (non-hydrogen) atoms. The molecule has 0 aromatic rings. The van der Waals surface area contributed by atoms with Gasteiger partial charge in [-0.05, 0) is 13.3 Å². The lowest BCUT2D eigenvalue weighted by Gasteiger charge is -2.14. The van der Waals surface area contributed by atoms with E-state index in [2.05, 4.69) is 6.92 Å². The minimum absolute atomic E-state index is 0.255. The van der Waals surface area contributed by atoms with Gasteiger partial charge < -0.3 is 0 Å². The molecular formula is C8H15O. The van der Waals surface area contributed by atoms with Crippen LogP contribution in [-0.2, 0) is 4.79 Å². The summed E-state index contributed by atoms with van der Waals surface area (Å²) >= 11 is 0. The van der Waals surface area contributed by atoms with Gasteiger partial charge in [0.25, 0.3) is 0 Å². The maximum Gasteiger partial charge on any atom is 0.138 e. The molecule has 0 aliphatic rings. The quantitative estimate of drug-likeness (QED) is 0.568. The molecule has 0 rings (SSSR count). The highest BCUT2D eigenvalue weighted by Crippen LogP contribution is 2.16. The fourth-order valence-corrected chi connectivity index (χ4v) is 0.565. The Kier molecular flexibility index (Phi) is 2.89. The molecule has 0 atom stereocenters. The highest BCUT2D eigenvalue weighted by molar-refractivity contribution is 5.84. The summed E-state index contributed by atoms with van der Waals surface area (Å²) in [6, 6.07) is 0. The van der Waals surface area contributed by atoms with Crippen molar-refractivity contribution in [3.05, 3.63) is 6.92 Å². The van der Waals surface area contributed by atoms with Crippen molar-refractivity contribution in [3.8, 4) is 0 Å². The molecule has 0 aliphatic carbocycles. The van der Waals surface area contributed by atoms with Gasteiger partial charge in [0, 0.05) is 11.8 Å². The lowest BCUT2D eigenvalue weighted by molar-refractivity contribution is -0.125. The Hall–Kier alpha value is -0.330. The molecule has 0 aliphatic heterocycles. The largest absolute Gasteiger partial charge is 0.299 e. The molecule has 0 aromatic heterocycles. The molecule has 1 nitrogen and oxygen atoms in total. The van der Waals surface area contributed by atoms with Gasteiger partial charge in [0.1, 0.15) is 5.78 Å². The van der Waals surface area contributed by atoms with Crippen molar-refractivity contribution in [1.29, 1.82) is 0 Å². The van der Waals surface area contributed by atoms with E-state index in [1.807, 2.05) is 20.8 Å². The first-order chi connectivity index (χ1) is 3.98. The van der Waals surface area contributed by atoms with Gasteiger partial charge >= 0.3 is 0 Å². The van der Waals surface area contributed by atoms with E-state index >= 15 is 0 Å². The highest BCUT2D eigenvalue weighted by atomic mass is 16.1. The molecule has 0 saturated heterocycles. The van der Waals surface area contributed by atoms with Crippen molar-refractivity contribution in [2.45, 2.75) is 33.6 Å². The van der Waals surface area contributed by atoms with Gasteiger partial charge in [-0.1, -0.05) is 20.8 Å². The van der Waals surface area contributed by atoms with Gasteiger partial charge in [0.15, 0.2) is 0 Å². The van der Waals surface area contributed by atoms with Crippen molar-refractivity contribution >= 4 is 5.78 Å². The molecule has 0 unspecified atom stereocenters. The molecule has 1 heteroatoms. The van der Waals surface area contributed by atoms with Crippen LogP contribution in [-0.4, -0.2) is 5.78 Å². The SMILES string of the molecule is [CH2]C(C)(C)C(=O)CCC. The summed E-state index contributed by atoms with van der Waals surface area (Å²) in [6.45, 7) is 9.45. The standard InChI is InChI=1S/C8H15O/c1-5-6-7(9)8(2,3)4/h2,5-6H2,1,3-4H3. The number of Topliss-reactive ketones (excluding diaryl/α,β-unsaturated/α-hetero) is 1. The zero-order chi connectivity index (χ0) is 7.49. The average molecular weight is 127 g/mol. The highest BCUT2D eigenvalue weighted by Gasteiger charge is 2.19. The van der Waals surface area contributed by atoms with E-state index in [1.54, 1.807) is 0 Å². The Bertz CT molecular complexity index is 97.6. The van der Waals surface area contributed by atoms with Crippen LogP contribution >= 0.6 is 0 Å². The smallest absolute Gasteiger partial charge is 0.138 e. The third-order valence-electron chi connectivity index (χ3n) is 1.23. The van der Waals surface area contributed by atoms with Crippen LogP contribution in [0.2, 0.25) is 0 Å². The number of ketones is 1. The van der Waals surface area contributed by atoms with Crippen LogP contribution in [0.25, 0.3) is 0 Å². The lowest BCUT2D eigenvalue weighted by Crippen LogP contribution is -2.19. The lowest BCUT2D eigenvalue weighted by atomic mass is 9.88. The van der Waals surface area contributed by atoms with Gasteiger partial charge in [-0.2, -0.15) is 0 Å². The topological polar surface area (TPSA) is 17.1 Å². The third kappa shape index (κ3) is 3.28. The first-order valence-electron chi connectivity index (χ1n) is 3.37. The Labute approximate surface area is 57.5 Å². The van der Waals surface area contributed by atoms with Crippen LogP contribution in [0, 0.1) is 12.3 Å². The molecule has 0 heterocycles. The summed E-state index contributed by atoms with van der Waals surface area (Å²) < 4.78 is 0. The van der Waals surface area contributed by atoms with Gasteiger partial charge in [-0.3, -0.25) is 4.79 Å². The predicted octanol–water partition coefficient (Wildman–Crippen LogP) is 2.22. The van der Waals surface area contributed by atoms with E-state index < -0.39 is 0 Å². The van der Waals surface area contributed by atoms with Crippen LogP contribution in [0.15, 0.2) is 0 Å². The van der Waals surface area contributed by atoms with Gasteiger partial charge in [0.05, 0.1) is 0 Å². The Morgan fingerprint density at radius 3 is 2.11 bits per heavy atom. The monoisotopic (exact) mass is 127 g/mol. The number of hydrogen-bond donors (Lipinski definition) is 0. The third-order valence-corrected chi connectivity index (χ3v) is 1.23. The second-order valence-corrected chi connectivity index (χ2v) is 3.06. The molecule has 0 aromatic carbocycles. The molecule has 1 radical (unpaired) electrons. The summed E-state index contributed by atoms with van der Waals surface area (Å²) in [4.78, 5) is 11.0. The van der Waals surface area contributed by atoms with Crippen molar-refractivity contribution in [2.75, 3.05) is 0 Å². The van der Waals surface area contributed by atoms with Crippen LogP contribution in [0.4, 0.5) is 0 Å². The van der Waals surface area contributed by atoms with Gasteiger partial charge in [0.2, 0.25) is 0 Å². The summed E-state index contributed by atoms with van der Waals surface area (Å²) in [7, 11) is 0. The van der Waals surface area contributed by atoms with Crippen LogP contribution in [0.3, 0.4) is 0 Å². The first kappa shape index (κ1) is 8.67. The second-order valence-electron chi connectivity index (χ2n) is 3.06. The van der Waals surface area contributed by atoms with E-state index in [1.165, 1.54) is 0 Å². The minimum Gasteiger partial charge on any atom is -0.299 e. The molecule has 0 N–H and O–H groups in total. The van der Waals surface area contributed by atoms with Crippen molar-refractivity contribution in [3.63, 3.8) is 0 Å². The molecule has 53 valence electrons. The first-order valence-corrected chi connectivity index (χ1v) is 3.37. The zero-order valence-corrected chi connectivity index (χ0v) is 6.53. The summed E-state index contributed by atoms with van der Waals surface area (Å²) in [5.74, 6) is 0.255. The Morgan fingerprint density at radius 2 is 2.00 bits per heavy atom. The van der Waals surface area contributed by atoms with Crippen molar-refractivity contribution in [2.24, 2.45) is 5.41 Å². The number of carbonyl (C=O) groups is 1. The molecule has 0 saturated carbocycles. The normalized spacial score (nSPS) is 11.6. The van der Waals surface area contributed by atoms with E-state index in [-0.39, 0.29) is 11.2 Å². The van der Waals surface area contributed by atoms with Gasteiger partial charge in [-0.25, -0.2) is 0 Å². The van der Waals surface area contributed by atoms with Crippen molar-refractivity contribution < 1.29 is 4.79 Å². The molecule has 0 fully saturated rings. The molecule has 0 bridgehead atoms. The summed E-state index contributed by atoms with van der Waals surface area (Å²) in [5.41, 5.74) is -0.379. The fraction of sp³-hybridized carbons (Fsp3) is 0.750. The number of rotatable bonds is 3. The fourth-order valence-electron chi connectivity index (χ4n) is 0.565. The predicted molar refractivity (Wildman–Crippen MR) is 39.1 cm³/mol. The van der Waals surface area contributed by atoms with E-state index in [4.69, 9.17) is 0 Å². The van der Waals surface area contributed by atoms with Crippen LogP contribution < -0.4 is 0 Å². The van der Waals surface area contributed by atoms with Crippen LogP contribution in [0.5, 0.6) is 0 Å². The van der Waals surface area contributed by atoms with Crippen molar-refractivity contribution in [1.82, 2.24) is 0 Å². The maximum atomic E-state index is 11.0. The van der Waals surface area contributed by atoms with E-state index in [0.717, 1.165) is 6.42 Å². The molecule has 0 spiro atoms. The van der Waals surface area contributed by atoms with E-state index in [9.17, 15) is 4.79 Å². The number of carbonyl (C=O) groups excluding carboxylic acids is 1. The average Bonchev–Trinajstić information content (AvgIpc) is 1.64. The molecule has 0 amide bonds. The minimum atomic E-state index is -0.379. The zero-order valence-electron chi connectivity index (χ0n) is 6.53. The summed E-state index contributed by atoms with van der Waals surface area (Å²) in [6.07, 6.45) is 1.59. The maximum absolute atomic E-state index is 11.0. The Balaban J connectivity index is 3.74. The second kappa shape index (κ2) is 3.00. The number of hydrogen-bond acceptors (Lipinski definition) is 1. The molecular weight excluding hydrogens is 112 g/mol. The van der Waals surface area contributed by atoms with Crippen LogP contribution in [0.1, 0.15) is 33.6 Å². The summed E-state index contributed by atoms with van der Waals surface area (Å²) in [5, 5.41) is 0. The van der Waals surface area contributed by atoms with E-state index in [0.29, 0.717) is 6.42 Å².